The normalized spacial score (nSPS) is 11.8. The predicted octanol–water partition coefficient (Wildman–Crippen LogP) is 4.40. The second-order valence-corrected chi connectivity index (χ2v) is 10.8. The van der Waals surface area contributed by atoms with Gasteiger partial charge in [-0.1, -0.05) is 43.6 Å². The van der Waals surface area contributed by atoms with Gasteiger partial charge in [0.2, 0.25) is 5.91 Å². The fraction of sp³-hybridized carbons (Fsp3) is 0.333. The molecular weight excluding hydrogens is 524 g/mol. The molecule has 1 atom stereocenters. The zero-order valence-corrected chi connectivity index (χ0v) is 23.7. The number of benzene rings is 2. The van der Waals surface area contributed by atoms with Crippen molar-refractivity contribution in [2.75, 3.05) is 36.2 Å². The van der Waals surface area contributed by atoms with Crippen LogP contribution in [-0.4, -0.2) is 42.7 Å². The minimum absolute atomic E-state index is 0.000361. The first-order valence-electron chi connectivity index (χ1n) is 12.1. The van der Waals surface area contributed by atoms with Gasteiger partial charge in [-0.15, -0.1) is 0 Å². The molecule has 3 rings (SSSR count). The summed E-state index contributed by atoms with van der Waals surface area (Å²) in [5.41, 5.74) is 13.9. The Morgan fingerprint density at radius 2 is 1.71 bits per heavy atom. The molecule has 202 valence electrons. The number of hydrogen-bond acceptors (Lipinski definition) is 7. The number of aromatic nitrogens is 1. The van der Waals surface area contributed by atoms with Crippen LogP contribution in [0.5, 0.6) is 0 Å². The number of carbonyl (C=O) groups excluding carboxylic acids is 3. The SMILES string of the molecule is Cc1ccc(N(C(=O)c2snc(C(N)=O)c2N)C(C(=O)NCCC(C)C)c2ccc(N(C)C)cc2)cc1Cl. The number of nitrogens with zero attached hydrogens (tertiary/aromatic N) is 3. The summed E-state index contributed by atoms with van der Waals surface area (Å²) in [7, 11) is 3.83. The van der Waals surface area contributed by atoms with Crippen LogP contribution in [0.25, 0.3) is 0 Å². The van der Waals surface area contributed by atoms with Crippen molar-refractivity contribution < 1.29 is 14.4 Å². The molecule has 0 saturated carbocycles. The van der Waals surface area contributed by atoms with Crippen molar-refractivity contribution in [1.29, 1.82) is 0 Å². The lowest BCUT2D eigenvalue weighted by atomic mass is 10.0. The largest absolute Gasteiger partial charge is 0.395 e. The number of primary amides is 1. The molecule has 3 aromatic rings. The first-order chi connectivity index (χ1) is 17.9. The van der Waals surface area contributed by atoms with E-state index >= 15 is 0 Å². The van der Waals surface area contributed by atoms with Gasteiger partial charge in [-0.2, -0.15) is 4.37 Å². The van der Waals surface area contributed by atoms with E-state index in [9.17, 15) is 14.4 Å². The molecule has 0 fully saturated rings. The molecule has 38 heavy (non-hydrogen) atoms. The van der Waals surface area contributed by atoms with Crippen molar-refractivity contribution in [1.82, 2.24) is 9.69 Å². The molecule has 0 aliphatic heterocycles. The van der Waals surface area contributed by atoms with Gasteiger partial charge in [-0.3, -0.25) is 19.3 Å². The lowest BCUT2D eigenvalue weighted by Gasteiger charge is -2.32. The van der Waals surface area contributed by atoms with E-state index in [1.54, 1.807) is 18.2 Å². The summed E-state index contributed by atoms with van der Waals surface area (Å²) >= 11 is 7.21. The highest BCUT2D eigenvalue weighted by Crippen LogP contribution is 2.35. The molecule has 0 aliphatic carbocycles. The quantitative estimate of drug-likeness (QED) is 0.339. The molecule has 5 N–H and O–H groups in total. The molecule has 0 saturated heterocycles. The molecule has 1 unspecified atom stereocenters. The highest BCUT2D eigenvalue weighted by atomic mass is 35.5. The van der Waals surface area contributed by atoms with E-state index in [4.69, 9.17) is 23.1 Å². The molecular formula is C27H33ClN6O3S. The van der Waals surface area contributed by atoms with Crippen LogP contribution in [0.2, 0.25) is 5.02 Å². The number of rotatable bonds is 10. The molecule has 2 aromatic carbocycles. The molecule has 0 spiro atoms. The summed E-state index contributed by atoms with van der Waals surface area (Å²) in [6.07, 6.45) is 0.770. The van der Waals surface area contributed by atoms with Gasteiger partial charge in [0.1, 0.15) is 10.9 Å². The number of amides is 3. The molecule has 3 amide bonds. The molecule has 1 aromatic heterocycles. The minimum atomic E-state index is -1.07. The molecule has 0 aliphatic rings. The zero-order valence-electron chi connectivity index (χ0n) is 22.1. The van der Waals surface area contributed by atoms with Gasteiger partial charge >= 0.3 is 0 Å². The van der Waals surface area contributed by atoms with Crippen LogP contribution >= 0.6 is 23.1 Å². The van der Waals surface area contributed by atoms with Gasteiger partial charge in [0.05, 0.1) is 5.69 Å². The summed E-state index contributed by atoms with van der Waals surface area (Å²) in [4.78, 5) is 42.9. The molecule has 11 heteroatoms. The van der Waals surface area contributed by atoms with Crippen LogP contribution in [0.1, 0.15) is 57.6 Å². The van der Waals surface area contributed by atoms with Crippen LogP contribution in [0, 0.1) is 12.8 Å². The van der Waals surface area contributed by atoms with Gasteiger partial charge in [-0.25, -0.2) is 0 Å². The van der Waals surface area contributed by atoms with E-state index in [2.05, 4.69) is 23.5 Å². The van der Waals surface area contributed by atoms with E-state index in [0.29, 0.717) is 28.7 Å². The molecule has 1 heterocycles. The summed E-state index contributed by atoms with van der Waals surface area (Å²) in [6, 6.07) is 11.4. The predicted molar refractivity (Wildman–Crippen MR) is 154 cm³/mol. The number of hydrogen-bond donors (Lipinski definition) is 3. The maximum atomic E-state index is 14.1. The minimum Gasteiger partial charge on any atom is -0.395 e. The van der Waals surface area contributed by atoms with Crippen LogP contribution in [0.15, 0.2) is 42.5 Å². The van der Waals surface area contributed by atoms with Crippen LogP contribution in [0.3, 0.4) is 0 Å². The van der Waals surface area contributed by atoms with Crippen LogP contribution in [-0.2, 0) is 4.79 Å². The maximum absolute atomic E-state index is 14.1. The highest BCUT2D eigenvalue weighted by molar-refractivity contribution is 7.09. The van der Waals surface area contributed by atoms with E-state index in [1.807, 2.05) is 50.2 Å². The lowest BCUT2D eigenvalue weighted by molar-refractivity contribution is -0.122. The van der Waals surface area contributed by atoms with E-state index < -0.39 is 17.9 Å². The molecule has 0 radical (unpaired) electrons. The van der Waals surface area contributed by atoms with Gasteiger partial charge in [0.25, 0.3) is 11.8 Å². The summed E-state index contributed by atoms with van der Waals surface area (Å²) in [5, 5.41) is 3.40. The Kier molecular flexibility index (Phi) is 9.35. The smallest absolute Gasteiger partial charge is 0.273 e. The average molecular weight is 557 g/mol. The Bertz CT molecular complexity index is 1320. The summed E-state index contributed by atoms with van der Waals surface area (Å²) in [6.45, 7) is 6.41. The second-order valence-electron chi connectivity index (χ2n) is 9.61. The number of nitrogens with two attached hydrogens (primary N) is 2. The Labute approximate surface area is 231 Å². The lowest BCUT2D eigenvalue weighted by Crippen LogP contribution is -2.44. The van der Waals surface area contributed by atoms with E-state index in [1.165, 1.54) is 4.90 Å². The van der Waals surface area contributed by atoms with Crippen molar-refractivity contribution in [2.45, 2.75) is 33.2 Å². The van der Waals surface area contributed by atoms with Crippen molar-refractivity contribution in [3.63, 3.8) is 0 Å². The van der Waals surface area contributed by atoms with Crippen molar-refractivity contribution in [3.05, 3.63) is 69.2 Å². The standard InChI is InChI=1S/C27H33ClN6O3S/c1-15(2)12-13-31-26(36)23(17-7-10-18(11-8-17)33(4)5)34(19-9-6-16(3)20(28)14-19)27(37)24-21(29)22(25(30)35)32-38-24/h6-11,14-15,23H,12-13,29H2,1-5H3,(H2,30,35)(H,31,36). The number of aryl methyl sites for hydroxylation is 1. The number of anilines is 3. The first kappa shape index (κ1) is 28.9. The van der Waals surface area contributed by atoms with Crippen LogP contribution in [0.4, 0.5) is 17.1 Å². The van der Waals surface area contributed by atoms with Gasteiger partial charge in [0.15, 0.2) is 5.69 Å². The fourth-order valence-corrected chi connectivity index (χ4v) is 4.72. The molecule has 9 nitrogen and oxygen atoms in total. The third-order valence-corrected chi connectivity index (χ3v) is 7.32. The van der Waals surface area contributed by atoms with Crippen molar-refractivity contribution >= 4 is 57.9 Å². The Hall–Kier alpha value is -3.63. The Morgan fingerprint density at radius 3 is 2.24 bits per heavy atom. The Balaban J connectivity index is 2.20. The number of nitrogen functional groups attached to an aromatic ring is 1. The van der Waals surface area contributed by atoms with Crippen molar-refractivity contribution in [3.8, 4) is 0 Å². The third-order valence-electron chi connectivity index (χ3n) is 6.06. The number of halogens is 1. The highest BCUT2D eigenvalue weighted by Gasteiger charge is 2.36. The average Bonchev–Trinajstić information content (AvgIpc) is 3.25. The van der Waals surface area contributed by atoms with Crippen LogP contribution < -0.4 is 26.6 Å². The van der Waals surface area contributed by atoms with Gasteiger partial charge < -0.3 is 21.7 Å². The maximum Gasteiger partial charge on any atom is 0.273 e. The Morgan fingerprint density at radius 1 is 1.08 bits per heavy atom. The summed E-state index contributed by atoms with van der Waals surface area (Å²) in [5.74, 6) is -1.43. The monoisotopic (exact) mass is 556 g/mol. The summed E-state index contributed by atoms with van der Waals surface area (Å²) < 4.78 is 3.98. The third kappa shape index (κ3) is 6.43. The number of nitrogens with one attached hydrogen (secondary N) is 1. The van der Waals surface area contributed by atoms with E-state index in [-0.39, 0.29) is 22.2 Å². The first-order valence-corrected chi connectivity index (χ1v) is 13.3. The second kappa shape index (κ2) is 12.3. The number of carbonyl (C=O) groups is 3. The molecule has 0 bridgehead atoms. The zero-order chi connectivity index (χ0) is 28.1. The van der Waals surface area contributed by atoms with Gasteiger partial charge in [-0.05, 0) is 66.2 Å². The topological polar surface area (TPSA) is 135 Å². The van der Waals surface area contributed by atoms with Crippen molar-refractivity contribution in [2.24, 2.45) is 11.7 Å². The van der Waals surface area contributed by atoms with E-state index in [0.717, 1.165) is 29.2 Å². The van der Waals surface area contributed by atoms with Gasteiger partial charge in [0, 0.05) is 37.0 Å². The fourth-order valence-electron chi connectivity index (χ4n) is 3.81.